The Labute approximate surface area is 118 Å². The molecule has 0 aliphatic carbocycles. The second kappa shape index (κ2) is 5.14. The molecule has 1 N–H and O–H groups in total. The highest BCUT2D eigenvalue weighted by atomic mass is 35.5. The molecule has 0 unspecified atom stereocenters. The van der Waals surface area contributed by atoms with Crippen LogP contribution < -0.4 is 0 Å². The van der Waals surface area contributed by atoms with Gasteiger partial charge in [0.1, 0.15) is 0 Å². The summed E-state index contributed by atoms with van der Waals surface area (Å²) in [4.78, 5) is 15.1. The van der Waals surface area contributed by atoms with Crippen molar-refractivity contribution in [3.63, 3.8) is 0 Å². The van der Waals surface area contributed by atoms with Crippen molar-refractivity contribution in [2.45, 2.75) is 0 Å². The predicted octanol–water partition coefficient (Wildman–Crippen LogP) is 4.41. The number of carbonyl (C=O) groups is 1. The minimum atomic E-state index is -1.07. The fourth-order valence-corrected chi connectivity index (χ4v) is 2.10. The van der Waals surface area contributed by atoms with Crippen molar-refractivity contribution in [2.75, 3.05) is 0 Å². The van der Waals surface area contributed by atoms with E-state index in [1.54, 1.807) is 6.07 Å². The van der Waals surface area contributed by atoms with Crippen LogP contribution in [0.2, 0.25) is 15.1 Å². The van der Waals surface area contributed by atoms with Crippen molar-refractivity contribution in [2.24, 2.45) is 0 Å². The summed E-state index contributed by atoms with van der Waals surface area (Å²) in [6.07, 6.45) is 1.50. The molecule has 0 aliphatic heterocycles. The number of hydrogen-bond acceptors (Lipinski definition) is 2. The normalized spacial score (nSPS) is 10.4. The molecule has 2 rings (SSSR count). The number of benzene rings is 1. The number of nitrogens with zero attached hydrogens (tertiary/aromatic N) is 1. The number of rotatable bonds is 2. The van der Waals surface area contributed by atoms with Crippen molar-refractivity contribution in [3.05, 3.63) is 51.1 Å². The summed E-state index contributed by atoms with van der Waals surface area (Å²) in [7, 11) is 0. The van der Waals surface area contributed by atoms with Crippen LogP contribution >= 0.6 is 34.8 Å². The molecular weight excluding hydrogens is 296 g/mol. The van der Waals surface area contributed by atoms with Crippen molar-refractivity contribution in [1.29, 1.82) is 0 Å². The Balaban J connectivity index is 2.66. The smallest absolute Gasteiger partial charge is 0.337 e. The number of pyridine rings is 1. The average molecular weight is 303 g/mol. The molecule has 0 spiro atoms. The van der Waals surface area contributed by atoms with Crippen LogP contribution in [0.25, 0.3) is 11.3 Å². The molecule has 0 bridgehead atoms. The van der Waals surface area contributed by atoms with Crippen molar-refractivity contribution in [3.8, 4) is 11.3 Å². The number of aromatic carboxylic acids is 1. The first-order valence-corrected chi connectivity index (χ1v) is 5.97. The molecule has 0 fully saturated rings. The van der Waals surface area contributed by atoms with Crippen LogP contribution in [0.4, 0.5) is 0 Å². The molecule has 1 aromatic heterocycles. The van der Waals surface area contributed by atoms with Gasteiger partial charge < -0.3 is 5.11 Å². The van der Waals surface area contributed by atoms with Gasteiger partial charge in [0.05, 0.1) is 26.3 Å². The largest absolute Gasteiger partial charge is 0.478 e. The first-order valence-electron chi connectivity index (χ1n) is 4.84. The van der Waals surface area contributed by atoms with Crippen molar-refractivity contribution < 1.29 is 9.90 Å². The van der Waals surface area contributed by atoms with Crippen LogP contribution in [0.3, 0.4) is 0 Å². The Morgan fingerprint density at radius 3 is 2.33 bits per heavy atom. The van der Waals surface area contributed by atoms with E-state index in [0.29, 0.717) is 11.3 Å². The SMILES string of the molecule is O=C(O)c1cccnc1-c1cc(Cl)c(Cl)c(Cl)c1. The van der Waals surface area contributed by atoms with Crippen LogP contribution in [0.1, 0.15) is 10.4 Å². The van der Waals surface area contributed by atoms with Gasteiger partial charge in [-0.05, 0) is 24.3 Å². The lowest BCUT2D eigenvalue weighted by Gasteiger charge is -2.07. The van der Waals surface area contributed by atoms with Gasteiger partial charge in [-0.25, -0.2) is 4.79 Å². The summed E-state index contributed by atoms with van der Waals surface area (Å²) >= 11 is 17.7. The maximum Gasteiger partial charge on any atom is 0.337 e. The fourth-order valence-electron chi connectivity index (χ4n) is 1.50. The summed E-state index contributed by atoms with van der Waals surface area (Å²) in [6, 6.07) is 6.07. The van der Waals surface area contributed by atoms with Gasteiger partial charge in [0.2, 0.25) is 0 Å². The first kappa shape index (κ1) is 13.1. The zero-order valence-corrected chi connectivity index (χ0v) is 11.1. The van der Waals surface area contributed by atoms with E-state index in [1.165, 1.54) is 24.4 Å². The van der Waals surface area contributed by atoms with Crippen LogP contribution in [0.15, 0.2) is 30.5 Å². The van der Waals surface area contributed by atoms with E-state index in [-0.39, 0.29) is 20.6 Å². The molecule has 1 heterocycles. The minimum absolute atomic E-state index is 0.0759. The highest BCUT2D eigenvalue weighted by Crippen LogP contribution is 2.35. The van der Waals surface area contributed by atoms with Gasteiger partial charge in [0, 0.05) is 11.8 Å². The Kier molecular flexibility index (Phi) is 3.76. The number of carboxylic acids is 1. The summed E-state index contributed by atoms with van der Waals surface area (Å²) in [5, 5.41) is 9.82. The maximum absolute atomic E-state index is 11.1. The third kappa shape index (κ3) is 2.43. The van der Waals surface area contributed by atoms with E-state index in [4.69, 9.17) is 39.9 Å². The topological polar surface area (TPSA) is 50.2 Å². The van der Waals surface area contributed by atoms with E-state index < -0.39 is 5.97 Å². The van der Waals surface area contributed by atoms with Crippen molar-refractivity contribution >= 4 is 40.8 Å². The Bertz CT molecular complexity index is 605. The van der Waals surface area contributed by atoms with Gasteiger partial charge in [0.25, 0.3) is 0 Å². The molecule has 3 nitrogen and oxygen atoms in total. The van der Waals surface area contributed by atoms with E-state index in [0.717, 1.165) is 0 Å². The molecule has 0 saturated carbocycles. The highest BCUT2D eigenvalue weighted by molar-refractivity contribution is 6.48. The second-order valence-electron chi connectivity index (χ2n) is 3.46. The minimum Gasteiger partial charge on any atom is -0.478 e. The van der Waals surface area contributed by atoms with Gasteiger partial charge in [-0.1, -0.05) is 34.8 Å². The lowest BCUT2D eigenvalue weighted by molar-refractivity contribution is 0.0697. The van der Waals surface area contributed by atoms with Gasteiger partial charge >= 0.3 is 5.97 Å². The lowest BCUT2D eigenvalue weighted by atomic mass is 10.1. The Hall–Kier alpha value is -1.29. The molecule has 0 radical (unpaired) electrons. The van der Waals surface area contributed by atoms with Crippen molar-refractivity contribution in [1.82, 2.24) is 4.98 Å². The first-order chi connectivity index (χ1) is 8.50. The number of carboxylic acid groups (broad SMARTS) is 1. The zero-order valence-electron chi connectivity index (χ0n) is 8.82. The number of aromatic nitrogens is 1. The molecule has 6 heteroatoms. The van der Waals surface area contributed by atoms with Crippen LogP contribution in [0, 0.1) is 0 Å². The maximum atomic E-state index is 11.1. The fraction of sp³-hybridized carbons (Fsp3) is 0. The average Bonchev–Trinajstić information content (AvgIpc) is 2.35. The van der Waals surface area contributed by atoms with E-state index in [2.05, 4.69) is 4.98 Å². The molecule has 0 atom stereocenters. The number of hydrogen-bond donors (Lipinski definition) is 1. The third-order valence-electron chi connectivity index (χ3n) is 2.30. The lowest BCUT2D eigenvalue weighted by Crippen LogP contribution is -2.01. The predicted molar refractivity (Wildman–Crippen MR) is 71.7 cm³/mol. The molecule has 18 heavy (non-hydrogen) atoms. The molecule has 0 amide bonds. The van der Waals surface area contributed by atoms with Crippen LogP contribution in [-0.4, -0.2) is 16.1 Å². The Morgan fingerprint density at radius 1 is 1.17 bits per heavy atom. The standard InChI is InChI=1S/C12H6Cl3NO2/c13-8-4-6(5-9(14)10(8)15)11-7(12(17)18)2-1-3-16-11/h1-5H,(H,17,18). The van der Waals surface area contributed by atoms with Crippen LogP contribution in [-0.2, 0) is 0 Å². The summed E-state index contributed by atoms with van der Waals surface area (Å²) in [6.45, 7) is 0. The molecule has 2 aromatic rings. The molecule has 92 valence electrons. The summed E-state index contributed by atoms with van der Waals surface area (Å²) in [5.74, 6) is -1.07. The quantitative estimate of drug-likeness (QED) is 0.836. The molecule has 0 saturated heterocycles. The van der Waals surface area contributed by atoms with Gasteiger partial charge in [0.15, 0.2) is 0 Å². The van der Waals surface area contributed by atoms with Gasteiger partial charge in [-0.3, -0.25) is 4.98 Å². The third-order valence-corrected chi connectivity index (χ3v) is 3.49. The second-order valence-corrected chi connectivity index (χ2v) is 4.65. The summed E-state index contributed by atoms with van der Waals surface area (Å²) in [5.41, 5.74) is 0.879. The van der Waals surface area contributed by atoms with Crippen LogP contribution in [0.5, 0.6) is 0 Å². The van der Waals surface area contributed by atoms with E-state index >= 15 is 0 Å². The monoisotopic (exact) mass is 301 g/mol. The van der Waals surface area contributed by atoms with E-state index in [9.17, 15) is 4.79 Å². The molecular formula is C12H6Cl3NO2. The summed E-state index contributed by atoms with van der Waals surface area (Å²) < 4.78 is 0. The Morgan fingerprint density at radius 2 is 1.78 bits per heavy atom. The molecule has 1 aromatic carbocycles. The van der Waals surface area contributed by atoms with Gasteiger partial charge in [-0.15, -0.1) is 0 Å². The van der Waals surface area contributed by atoms with E-state index in [1.807, 2.05) is 0 Å². The highest BCUT2D eigenvalue weighted by Gasteiger charge is 2.15. The van der Waals surface area contributed by atoms with Gasteiger partial charge in [-0.2, -0.15) is 0 Å². The number of halogens is 3. The molecule has 0 aliphatic rings. The zero-order chi connectivity index (χ0) is 13.3.